The van der Waals surface area contributed by atoms with Gasteiger partial charge in [0.05, 0.1) is 0 Å². The minimum atomic E-state index is -0.149. The summed E-state index contributed by atoms with van der Waals surface area (Å²) in [6.07, 6.45) is 1.56. The Hall–Kier alpha value is -0.810. The largest absolute Gasteiger partial charge is 0.207 e. The number of benzene rings is 1. The van der Waals surface area contributed by atoms with Gasteiger partial charge in [0.2, 0.25) is 0 Å². The quantitative estimate of drug-likeness (QED) is 0.694. The van der Waals surface area contributed by atoms with Gasteiger partial charge in [-0.25, -0.2) is 4.39 Å². The van der Waals surface area contributed by atoms with Crippen LogP contribution in [0.5, 0.6) is 0 Å². The van der Waals surface area contributed by atoms with Gasteiger partial charge in [0, 0.05) is 17.3 Å². The number of hydrogen-bond donors (Lipinski definition) is 0. The molecule has 0 aliphatic rings. The van der Waals surface area contributed by atoms with E-state index in [4.69, 9.17) is 0 Å². The Morgan fingerprint density at radius 2 is 2.13 bits per heavy atom. The van der Waals surface area contributed by atoms with Crippen LogP contribution in [0.4, 0.5) is 4.39 Å². The highest BCUT2D eigenvalue weighted by Gasteiger charge is 2.09. The molecule has 1 atom stereocenters. The van der Waals surface area contributed by atoms with Crippen molar-refractivity contribution in [3.8, 4) is 11.8 Å². The molecule has 1 aromatic rings. The zero-order valence-corrected chi connectivity index (χ0v) is 10.6. The summed E-state index contributed by atoms with van der Waals surface area (Å²) < 4.78 is 14.4. The second-order valence-electron chi connectivity index (χ2n) is 3.48. The van der Waals surface area contributed by atoms with Crippen molar-refractivity contribution in [2.45, 2.75) is 32.6 Å². The zero-order valence-electron chi connectivity index (χ0n) is 8.98. The molecule has 0 aliphatic heterocycles. The smallest absolute Gasteiger partial charge is 0.126 e. The third-order valence-corrected chi connectivity index (χ3v) is 2.69. The molecule has 0 aromatic heterocycles. The highest BCUT2D eigenvalue weighted by molar-refractivity contribution is 9.10. The van der Waals surface area contributed by atoms with Crippen LogP contribution in [0.2, 0.25) is 0 Å². The van der Waals surface area contributed by atoms with Crippen molar-refractivity contribution in [1.29, 1.82) is 0 Å². The first-order valence-corrected chi connectivity index (χ1v) is 5.85. The lowest BCUT2D eigenvalue weighted by Gasteiger charge is -2.09. The molecule has 0 fully saturated rings. The molecule has 2 heteroatoms. The molecule has 0 radical (unpaired) electrons. The number of hydrogen-bond acceptors (Lipinski definition) is 0. The van der Waals surface area contributed by atoms with Crippen LogP contribution < -0.4 is 0 Å². The van der Waals surface area contributed by atoms with Crippen LogP contribution in [-0.4, -0.2) is 0 Å². The summed E-state index contributed by atoms with van der Waals surface area (Å²) in [5, 5.41) is 0. The number of halogens is 2. The van der Waals surface area contributed by atoms with E-state index in [9.17, 15) is 4.39 Å². The van der Waals surface area contributed by atoms with Crippen LogP contribution in [0.15, 0.2) is 22.7 Å². The molecule has 80 valence electrons. The van der Waals surface area contributed by atoms with E-state index in [0.29, 0.717) is 6.42 Å². The van der Waals surface area contributed by atoms with Gasteiger partial charge in [-0.3, -0.25) is 0 Å². The molecular formula is C13H14BrF. The Morgan fingerprint density at radius 1 is 1.40 bits per heavy atom. The van der Waals surface area contributed by atoms with Crippen molar-refractivity contribution < 1.29 is 4.39 Å². The van der Waals surface area contributed by atoms with Gasteiger partial charge in [0.1, 0.15) is 5.82 Å². The highest BCUT2D eigenvalue weighted by Crippen LogP contribution is 2.24. The lowest BCUT2D eigenvalue weighted by molar-refractivity contribution is 0.591. The molecule has 0 heterocycles. The van der Waals surface area contributed by atoms with E-state index >= 15 is 0 Å². The molecule has 0 N–H and O–H groups in total. The molecule has 0 aliphatic carbocycles. The molecule has 1 rings (SSSR count). The first-order chi connectivity index (χ1) is 7.15. The van der Waals surface area contributed by atoms with Crippen molar-refractivity contribution in [1.82, 2.24) is 0 Å². The minimum absolute atomic E-state index is 0.140. The molecule has 1 unspecified atom stereocenters. The van der Waals surface area contributed by atoms with Gasteiger partial charge in [0.15, 0.2) is 0 Å². The second-order valence-corrected chi connectivity index (χ2v) is 4.39. The predicted molar refractivity (Wildman–Crippen MR) is 65.2 cm³/mol. The van der Waals surface area contributed by atoms with Crippen LogP contribution >= 0.6 is 15.9 Å². The predicted octanol–water partition coefficient (Wildman–Crippen LogP) is 4.50. The van der Waals surface area contributed by atoms with E-state index in [1.54, 1.807) is 6.07 Å². The van der Waals surface area contributed by atoms with Crippen molar-refractivity contribution in [3.63, 3.8) is 0 Å². The van der Waals surface area contributed by atoms with Crippen LogP contribution in [0.3, 0.4) is 0 Å². The molecule has 0 spiro atoms. The second kappa shape index (κ2) is 5.92. The molecule has 0 amide bonds. The maximum absolute atomic E-state index is 13.5. The Labute approximate surface area is 99.0 Å². The van der Waals surface area contributed by atoms with Crippen LogP contribution in [0, 0.1) is 17.7 Å². The van der Waals surface area contributed by atoms with Crippen LogP contribution in [0.1, 0.15) is 38.2 Å². The monoisotopic (exact) mass is 268 g/mol. The summed E-state index contributed by atoms with van der Waals surface area (Å²) >= 11 is 3.34. The normalized spacial score (nSPS) is 11.7. The fourth-order valence-electron chi connectivity index (χ4n) is 1.35. The molecule has 0 bridgehead atoms. The SMILES string of the molecule is CCC#CCC(C)c1cc(Br)ccc1F. The topological polar surface area (TPSA) is 0 Å². The minimum Gasteiger partial charge on any atom is -0.207 e. The molecular weight excluding hydrogens is 255 g/mol. The molecule has 1 aromatic carbocycles. The van der Waals surface area contributed by atoms with Crippen LogP contribution in [-0.2, 0) is 0 Å². The van der Waals surface area contributed by atoms with Gasteiger partial charge in [-0.1, -0.05) is 29.8 Å². The van der Waals surface area contributed by atoms with E-state index in [-0.39, 0.29) is 11.7 Å². The van der Waals surface area contributed by atoms with Crippen molar-refractivity contribution in [3.05, 3.63) is 34.1 Å². The van der Waals surface area contributed by atoms with Gasteiger partial charge in [-0.15, -0.1) is 11.8 Å². The van der Waals surface area contributed by atoms with E-state index in [1.165, 1.54) is 6.07 Å². The Kier molecular flexibility index (Phi) is 4.84. The average molecular weight is 269 g/mol. The lowest BCUT2D eigenvalue weighted by atomic mass is 9.97. The fourth-order valence-corrected chi connectivity index (χ4v) is 1.73. The summed E-state index contributed by atoms with van der Waals surface area (Å²) in [7, 11) is 0. The van der Waals surface area contributed by atoms with Gasteiger partial charge >= 0.3 is 0 Å². The summed E-state index contributed by atoms with van der Waals surface area (Å²) in [6.45, 7) is 4.01. The van der Waals surface area contributed by atoms with E-state index in [1.807, 2.05) is 19.9 Å². The standard InChI is InChI=1S/C13H14BrF/c1-3-4-5-6-10(2)12-9-11(14)7-8-13(12)15/h7-10H,3,6H2,1-2H3. The van der Waals surface area contributed by atoms with E-state index in [0.717, 1.165) is 16.5 Å². The van der Waals surface area contributed by atoms with Crippen LogP contribution in [0.25, 0.3) is 0 Å². The van der Waals surface area contributed by atoms with Gasteiger partial charge in [-0.2, -0.15) is 0 Å². The average Bonchev–Trinajstić information content (AvgIpc) is 2.22. The van der Waals surface area contributed by atoms with E-state index < -0.39 is 0 Å². The molecule has 15 heavy (non-hydrogen) atoms. The Morgan fingerprint density at radius 3 is 2.80 bits per heavy atom. The first kappa shape index (κ1) is 12.3. The molecule has 0 saturated carbocycles. The summed E-state index contributed by atoms with van der Waals surface area (Å²) in [5.41, 5.74) is 0.731. The number of rotatable bonds is 2. The van der Waals surface area contributed by atoms with Crippen molar-refractivity contribution in [2.75, 3.05) is 0 Å². The Bertz CT molecular complexity index is 387. The molecule has 0 nitrogen and oxygen atoms in total. The fraction of sp³-hybridized carbons (Fsp3) is 0.385. The first-order valence-electron chi connectivity index (χ1n) is 5.05. The van der Waals surface area contributed by atoms with Gasteiger partial charge < -0.3 is 0 Å². The van der Waals surface area contributed by atoms with Gasteiger partial charge in [0.25, 0.3) is 0 Å². The maximum Gasteiger partial charge on any atom is 0.126 e. The lowest BCUT2D eigenvalue weighted by Crippen LogP contribution is -1.96. The van der Waals surface area contributed by atoms with Crippen molar-refractivity contribution in [2.24, 2.45) is 0 Å². The van der Waals surface area contributed by atoms with Crippen molar-refractivity contribution >= 4 is 15.9 Å². The van der Waals surface area contributed by atoms with E-state index in [2.05, 4.69) is 27.8 Å². The Balaban J connectivity index is 2.81. The molecule has 0 saturated heterocycles. The zero-order chi connectivity index (χ0) is 11.3. The summed E-state index contributed by atoms with van der Waals surface area (Å²) in [5.74, 6) is 6.04. The third kappa shape index (κ3) is 3.68. The summed E-state index contributed by atoms with van der Waals surface area (Å²) in [4.78, 5) is 0. The maximum atomic E-state index is 13.5. The highest BCUT2D eigenvalue weighted by atomic mass is 79.9. The summed E-state index contributed by atoms with van der Waals surface area (Å²) in [6, 6.07) is 5.03. The third-order valence-electron chi connectivity index (χ3n) is 2.20. The van der Waals surface area contributed by atoms with Gasteiger partial charge in [-0.05, 0) is 29.7 Å².